The molecule has 0 aliphatic rings. The molecule has 0 amide bonds. The normalized spacial score (nSPS) is 5.35. The van der Waals surface area contributed by atoms with Crippen LogP contribution in [0, 0.1) is 35.5 Å². The first-order valence-corrected chi connectivity index (χ1v) is 24.4. The van der Waals surface area contributed by atoms with Crippen LogP contribution < -0.4 is 64.7 Å². The van der Waals surface area contributed by atoms with Crippen LogP contribution in [0.1, 0.15) is 212 Å². The minimum atomic E-state index is -0.167. The molecule has 0 saturated heterocycles. The van der Waals surface area contributed by atoms with E-state index in [2.05, 4.69) is 165 Å². The van der Waals surface area contributed by atoms with E-state index in [-0.39, 0.29) is 30.7 Å². The highest BCUT2D eigenvalue weighted by Gasteiger charge is 1.82. The van der Waals surface area contributed by atoms with Crippen molar-refractivity contribution in [2.24, 2.45) is 75.6 Å². The molecule has 0 aliphatic heterocycles. The predicted octanol–water partition coefficient (Wildman–Crippen LogP) is 11.2. The average molecular weight is 1150 g/mol. The summed E-state index contributed by atoms with van der Waals surface area (Å²) in [7, 11) is 10.5. The van der Waals surface area contributed by atoms with E-state index in [4.69, 9.17) is 53.1 Å². The van der Waals surface area contributed by atoms with Gasteiger partial charge in [-0.05, 0) is 98.7 Å². The lowest BCUT2D eigenvalue weighted by molar-refractivity contribution is -0.0987. The first kappa shape index (κ1) is 214. The number of aliphatic hydroxyl groups excluding tert-OH is 1. The molecule has 0 unspecified atom stereocenters. The van der Waals surface area contributed by atoms with E-state index < -0.39 is 0 Å². The van der Waals surface area contributed by atoms with Crippen molar-refractivity contribution in [3.63, 3.8) is 0 Å². The van der Waals surface area contributed by atoms with Crippen LogP contribution in [0.4, 0.5) is 0 Å². The van der Waals surface area contributed by atoms with Gasteiger partial charge in [-0.15, -0.1) is 0 Å². The van der Waals surface area contributed by atoms with Gasteiger partial charge in [-0.2, -0.15) is 0 Å². The molecule has 0 aromatic rings. The predicted molar refractivity (Wildman–Crippen MR) is 360 cm³/mol. The van der Waals surface area contributed by atoms with Crippen molar-refractivity contribution in [1.29, 1.82) is 0 Å². The average Bonchev–Trinajstić information content (AvgIpc) is 3.49. The van der Waals surface area contributed by atoms with Crippen LogP contribution in [0.15, 0.2) is 0 Å². The molecule has 0 radical (unpaired) electrons. The van der Waals surface area contributed by atoms with E-state index in [1.54, 1.807) is 13.8 Å². The lowest BCUT2D eigenvalue weighted by atomic mass is 10.2. The number of aliphatic hydroxyl groups is 1. The van der Waals surface area contributed by atoms with Crippen molar-refractivity contribution in [3.8, 4) is 0 Å². The minimum absolute atomic E-state index is 0. The van der Waals surface area contributed by atoms with Crippen LogP contribution in [-0.4, -0.2) is 128 Å². The zero-order chi connectivity index (χ0) is 68.6. The fraction of sp³-hybridized carbons (Fsp3) is 0.818. The molecule has 0 saturated carbocycles. The van der Waals surface area contributed by atoms with E-state index in [1.165, 1.54) is 81.4 Å². The Morgan fingerprint density at radius 3 is 0.247 bits per heavy atom. The molecule has 0 atom stereocenters. The number of nitrogens with two attached hydrogens (primary N) is 7. The van der Waals surface area contributed by atoms with Gasteiger partial charge in [0.2, 0.25) is 0 Å². The van der Waals surface area contributed by atoms with Gasteiger partial charge in [-0.1, -0.05) is 198 Å². The molecule has 0 rings (SSSR count). The van der Waals surface area contributed by atoms with Crippen molar-refractivity contribution in [2.45, 2.75) is 218 Å². The summed E-state index contributed by atoms with van der Waals surface area (Å²) in [5.41, 5.74) is 31.5. The van der Waals surface area contributed by atoms with E-state index in [0.29, 0.717) is 0 Å². The fourth-order valence-electron chi connectivity index (χ4n) is 0. The maximum absolute atomic E-state index is 8.06. The Bertz CT molecular complexity index is 356. The summed E-state index contributed by atoms with van der Waals surface area (Å²) in [6.07, 6.45) is 6.36. The van der Waals surface area contributed by atoms with Crippen LogP contribution in [0.25, 0.3) is 0 Å². The fourth-order valence-corrected chi connectivity index (χ4v) is 0. The zero-order valence-corrected chi connectivity index (χ0v) is 59.0. The topological polar surface area (TPSA) is 513 Å². The van der Waals surface area contributed by atoms with Gasteiger partial charge < -0.3 is 118 Å². The Hall–Kier alpha value is -3.78. The van der Waals surface area contributed by atoms with Gasteiger partial charge in [0.1, 0.15) is 67.9 Å². The molecular formula is C55H163N11O11. The molecule has 0 bridgehead atoms. The van der Waals surface area contributed by atoms with Crippen molar-refractivity contribution in [1.82, 2.24) is 24.6 Å². The molecule has 0 fully saturated rings. The van der Waals surface area contributed by atoms with E-state index in [9.17, 15) is 0 Å². The SMILES string of the molecule is C=O.C=O.C=O.C=O.C=O.C=O.C=O.C=O.C=O.C=O.CC.CC.CC.CC(C)C.CC(C)O.CCC(C)C.CCC(C)C.CCC(C)C.CCC(C)C.CCC(C)C.CN.CN.CN.CN.CN.CN.CN.N.N.N.N. The second-order valence-electron chi connectivity index (χ2n) is 11.8. The van der Waals surface area contributed by atoms with Crippen molar-refractivity contribution in [3.05, 3.63) is 0 Å². The largest absolute Gasteiger partial charge is 0.394 e. The summed E-state index contributed by atoms with van der Waals surface area (Å²) in [6, 6.07) is 0. The Morgan fingerprint density at radius 2 is 0.247 bits per heavy atom. The molecule has 504 valence electrons. The molecule has 0 aromatic heterocycles. The number of hydrogen-bond acceptors (Lipinski definition) is 22. The van der Waals surface area contributed by atoms with Gasteiger partial charge in [0.25, 0.3) is 0 Å². The molecule has 0 spiro atoms. The van der Waals surface area contributed by atoms with Crippen LogP contribution in [-0.2, 0) is 47.9 Å². The lowest BCUT2D eigenvalue weighted by Gasteiger charge is -1.90. The number of carbonyl (C=O) groups excluding carboxylic acids is 10. The Labute approximate surface area is 487 Å². The summed E-state index contributed by atoms with van der Waals surface area (Å²) < 4.78 is 0. The molecular weight excluding hydrogens is 991 g/mol. The number of hydrogen-bond donors (Lipinski definition) is 12. The second kappa shape index (κ2) is 742. The summed E-state index contributed by atoms with van der Waals surface area (Å²) in [4.78, 5) is 80.0. The molecule has 27 N–H and O–H groups in total. The standard InChI is InChI=1S/5C5H12.C4H10.C3H8O.3C2H6.7CH5N.10CH2O.4H3N/c5*1-4-5(2)3;1-4(2)3;1-3(2)4;20*1-2;;;;/h5*5H,4H2,1-3H3;4H,1-3H3;3-4H,1-2H3;3*1-2H3;7*2H2,1H3;10*1H2;4*1H3. The third-order valence-electron chi connectivity index (χ3n) is 4.08. The highest BCUT2D eigenvalue weighted by atomic mass is 16.3. The molecule has 22 nitrogen and oxygen atoms in total. The Morgan fingerprint density at radius 1 is 0.234 bits per heavy atom. The number of carbonyl (C=O) groups is 10. The van der Waals surface area contributed by atoms with E-state index in [0.717, 1.165) is 35.5 Å². The molecule has 22 heteroatoms. The van der Waals surface area contributed by atoms with Gasteiger partial charge in [0.15, 0.2) is 0 Å². The lowest BCUT2D eigenvalue weighted by Crippen LogP contribution is -1.85. The maximum atomic E-state index is 8.06. The molecule has 0 heterocycles. The zero-order valence-electron chi connectivity index (χ0n) is 59.0. The Balaban J connectivity index is -0.00000000994. The van der Waals surface area contributed by atoms with Gasteiger partial charge in [0.05, 0.1) is 0 Å². The van der Waals surface area contributed by atoms with E-state index in [1.807, 2.05) is 109 Å². The highest BCUT2D eigenvalue weighted by Crippen LogP contribution is 1.95. The third kappa shape index (κ3) is 9200. The van der Waals surface area contributed by atoms with Crippen LogP contribution >= 0.6 is 0 Å². The minimum Gasteiger partial charge on any atom is -0.394 e. The second-order valence-corrected chi connectivity index (χ2v) is 11.8. The van der Waals surface area contributed by atoms with Crippen LogP contribution in [0.2, 0.25) is 0 Å². The highest BCUT2D eigenvalue weighted by molar-refractivity contribution is 5.12. The number of rotatable bonds is 5. The quantitative estimate of drug-likeness (QED) is 0.122. The molecule has 0 aliphatic carbocycles. The monoisotopic (exact) mass is 1150 g/mol. The van der Waals surface area contributed by atoms with Crippen LogP contribution in [0.5, 0.6) is 0 Å². The summed E-state index contributed by atoms with van der Waals surface area (Å²) in [5, 5.41) is 8.06. The van der Waals surface area contributed by atoms with Gasteiger partial charge in [-0.3, -0.25) is 0 Å². The summed E-state index contributed by atoms with van der Waals surface area (Å²) in [6.45, 7) is 75.2. The smallest absolute Gasteiger partial charge is 0.106 e. The Kier molecular flexibility index (Phi) is 2060. The van der Waals surface area contributed by atoms with Crippen LogP contribution in [0.3, 0.4) is 0 Å². The first-order chi connectivity index (χ1) is 34.8. The van der Waals surface area contributed by atoms with Gasteiger partial charge in [0, 0.05) is 6.10 Å². The van der Waals surface area contributed by atoms with E-state index >= 15 is 0 Å². The molecule has 77 heavy (non-hydrogen) atoms. The summed E-state index contributed by atoms with van der Waals surface area (Å²) in [5.74, 6) is 5.25. The summed E-state index contributed by atoms with van der Waals surface area (Å²) >= 11 is 0. The van der Waals surface area contributed by atoms with Gasteiger partial charge in [-0.25, -0.2) is 0 Å². The molecule has 0 aromatic carbocycles. The third-order valence-corrected chi connectivity index (χ3v) is 4.08. The van der Waals surface area contributed by atoms with Crippen molar-refractivity contribution < 1.29 is 53.1 Å². The van der Waals surface area contributed by atoms with Gasteiger partial charge >= 0.3 is 0 Å². The van der Waals surface area contributed by atoms with Crippen molar-refractivity contribution in [2.75, 3.05) is 49.3 Å². The van der Waals surface area contributed by atoms with Crippen molar-refractivity contribution >= 4 is 67.9 Å². The maximum Gasteiger partial charge on any atom is 0.106 e. The first-order valence-electron chi connectivity index (χ1n) is 24.4.